The minimum Gasteiger partial charge on any atom is -0.386 e. The molecule has 2 aliphatic heterocycles. The van der Waals surface area contributed by atoms with Crippen LogP contribution >= 0.6 is 23.2 Å². The van der Waals surface area contributed by atoms with Crippen LogP contribution in [0, 0.1) is 6.92 Å². The van der Waals surface area contributed by atoms with Crippen LogP contribution in [0.2, 0.25) is 10.0 Å². The van der Waals surface area contributed by atoms with E-state index in [4.69, 9.17) is 38.3 Å². The lowest BCUT2D eigenvalue weighted by Crippen LogP contribution is -2.50. The Balaban J connectivity index is 1.26. The summed E-state index contributed by atoms with van der Waals surface area (Å²) in [7, 11) is 0. The van der Waals surface area contributed by atoms with Crippen LogP contribution in [-0.2, 0) is 14.3 Å². The van der Waals surface area contributed by atoms with Gasteiger partial charge in [0.2, 0.25) is 0 Å². The molecule has 232 valence electrons. The highest BCUT2D eigenvalue weighted by Crippen LogP contribution is 2.34. The highest BCUT2D eigenvalue weighted by atomic mass is 35.5. The molecule has 2 aromatic heterocycles. The average molecular weight is 642 g/mol. The van der Waals surface area contributed by atoms with Crippen molar-refractivity contribution in [2.24, 2.45) is 0 Å². The first-order valence-electron chi connectivity index (χ1n) is 14.3. The monoisotopic (exact) mass is 640 g/mol. The van der Waals surface area contributed by atoms with E-state index < -0.39 is 18.1 Å². The van der Waals surface area contributed by atoms with Crippen LogP contribution in [0.5, 0.6) is 0 Å². The fourth-order valence-corrected chi connectivity index (χ4v) is 6.92. The molecular formula is C29H33Cl2F3N6O3. The number of fused-ring (bicyclic) bond motifs is 1. The third-order valence-electron chi connectivity index (χ3n) is 8.49. The van der Waals surface area contributed by atoms with E-state index in [0.29, 0.717) is 22.1 Å². The zero-order chi connectivity index (χ0) is 31.1. The predicted molar refractivity (Wildman–Crippen MR) is 156 cm³/mol. The van der Waals surface area contributed by atoms with E-state index >= 15 is 0 Å². The number of alkyl halides is 3. The maximum Gasteiger partial charge on any atom is 0.491 e. The molecule has 0 amide bonds. The maximum atomic E-state index is 12.4. The number of likely N-dealkylation sites (tertiary alicyclic amines) is 1. The summed E-state index contributed by atoms with van der Waals surface area (Å²) in [5.74, 6) is -2.86. The van der Waals surface area contributed by atoms with Crippen molar-refractivity contribution in [3.05, 3.63) is 45.7 Å². The fourth-order valence-electron chi connectivity index (χ4n) is 6.36. The van der Waals surface area contributed by atoms with Crippen molar-refractivity contribution in [1.82, 2.24) is 24.6 Å². The standard InChI is InChI=1S/C29H33Cl2F3N6O3/c1-16-13-21(39-11-4-5-20(39)7-9-25(41)43-28(42)29(32,33)34)10-12-38(16)24-15-35-26-17(2)37-40(27(26)36-24)18(3)22-8-6-19(30)14-23(22)31/h6,8,14-16,18,20-21H,4-5,7,9-13H2,1-3H3/t16-,18+,20-,21?/m0/s1. The molecule has 4 atom stereocenters. The zero-order valence-corrected chi connectivity index (χ0v) is 25.6. The molecule has 2 aliphatic rings. The van der Waals surface area contributed by atoms with Crippen LogP contribution in [-0.4, -0.2) is 74.0 Å². The topological polar surface area (TPSA) is 93.5 Å². The van der Waals surface area contributed by atoms with Crippen LogP contribution < -0.4 is 4.90 Å². The largest absolute Gasteiger partial charge is 0.491 e. The molecular weight excluding hydrogens is 608 g/mol. The Kier molecular flexibility index (Phi) is 9.20. The van der Waals surface area contributed by atoms with Crippen molar-refractivity contribution >= 4 is 52.1 Å². The number of piperidine rings is 1. The van der Waals surface area contributed by atoms with Crippen LogP contribution in [0.4, 0.5) is 19.0 Å². The van der Waals surface area contributed by atoms with Crippen LogP contribution in [0.25, 0.3) is 11.2 Å². The molecule has 9 nitrogen and oxygen atoms in total. The molecule has 0 N–H and O–H groups in total. The number of aryl methyl sites for hydroxylation is 1. The first-order chi connectivity index (χ1) is 20.3. The van der Waals surface area contributed by atoms with Gasteiger partial charge in [-0.1, -0.05) is 29.3 Å². The van der Waals surface area contributed by atoms with E-state index in [1.54, 1.807) is 18.3 Å². The third-order valence-corrected chi connectivity index (χ3v) is 9.05. The first kappa shape index (κ1) is 31.5. The highest BCUT2D eigenvalue weighted by molar-refractivity contribution is 6.35. The van der Waals surface area contributed by atoms with Crippen molar-refractivity contribution in [3.63, 3.8) is 0 Å². The summed E-state index contributed by atoms with van der Waals surface area (Å²) in [5.41, 5.74) is 3.03. The molecule has 0 spiro atoms. The van der Waals surface area contributed by atoms with Gasteiger partial charge in [0.25, 0.3) is 0 Å². The summed E-state index contributed by atoms with van der Waals surface area (Å²) in [4.78, 5) is 37.2. The number of esters is 2. The number of halogens is 5. The van der Waals surface area contributed by atoms with E-state index in [1.165, 1.54) is 0 Å². The number of benzene rings is 1. The van der Waals surface area contributed by atoms with Gasteiger partial charge in [-0.15, -0.1) is 0 Å². The lowest BCUT2D eigenvalue weighted by molar-refractivity contribution is -0.201. The molecule has 0 bridgehead atoms. The van der Waals surface area contributed by atoms with Gasteiger partial charge < -0.3 is 9.64 Å². The van der Waals surface area contributed by atoms with Crippen LogP contribution in [0.1, 0.15) is 69.7 Å². The molecule has 43 heavy (non-hydrogen) atoms. The predicted octanol–water partition coefficient (Wildman–Crippen LogP) is 6.28. The second kappa shape index (κ2) is 12.6. The molecule has 2 fully saturated rings. The maximum absolute atomic E-state index is 12.4. The molecule has 0 radical (unpaired) electrons. The molecule has 0 aliphatic carbocycles. The van der Waals surface area contributed by atoms with E-state index in [2.05, 4.69) is 21.5 Å². The summed E-state index contributed by atoms with van der Waals surface area (Å²) in [5, 5.41) is 5.84. The van der Waals surface area contributed by atoms with Gasteiger partial charge in [-0.3, -0.25) is 9.69 Å². The summed E-state index contributed by atoms with van der Waals surface area (Å²) < 4.78 is 43.1. The lowest BCUT2D eigenvalue weighted by atomic mass is 9.95. The summed E-state index contributed by atoms with van der Waals surface area (Å²) in [6.07, 6.45) is 0.196. The number of hydrogen-bond acceptors (Lipinski definition) is 8. The Hall–Kier alpha value is -2.96. The second-order valence-corrected chi connectivity index (χ2v) is 12.2. The van der Waals surface area contributed by atoms with Gasteiger partial charge in [-0.2, -0.15) is 18.3 Å². The Labute approximate surface area is 257 Å². The van der Waals surface area contributed by atoms with Crippen molar-refractivity contribution in [2.45, 2.75) is 89.6 Å². The number of nitrogens with zero attached hydrogens (tertiary/aromatic N) is 6. The summed E-state index contributed by atoms with van der Waals surface area (Å²) in [6, 6.07) is 5.63. The molecule has 0 saturated carbocycles. The number of carbonyl (C=O) groups excluding carboxylic acids is 2. The normalized spacial score (nSPS) is 22.2. The fraction of sp³-hybridized carbons (Fsp3) is 0.552. The van der Waals surface area contributed by atoms with Crippen molar-refractivity contribution in [2.75, 3.05) is 18.0 Å². The molecule has 4 heterocycles. The van der Waals surface area contributed by atoms with Gasteiger partial charge >= 0.3 is 18.1 Å². The Morgan fingerprint density at radius 3 is 2.65 bits per heavy atom. The molecule has 14 heteroatoms. The molecule has 3 aromatic rings. The summed E-state index contributed by atoms with van der Waals surface area (Å²) in [6.45, 7) is 7.64. The molecule has 1 unspecified atom stereocenters. The van der Waals surface area contributed by atoms with Crippen molar-refractivity contribution in [3.8, 4) is 0 Å². The van der Waals surface area contributed by atoms with E-state index in [1.807, 2.05) is 24.6 Å². The molecule has 2 saturated heterocycles. The lowest BCUT2D eigenvalue weighted by Gasteiger charge is -2.43. The average Bonchev–Trinajstić information content (AvgIpc) is 3.55. The number of rotatable bonds is 7. The van der Waals surface area contributed by atoms with Crippen molar-refractivity contribution in [1.29, 1.82) is 0 Å². The zero-order valence-electron chi connectivity index (χ0n) is 24.1. The first-order valence-corrected chi connectivity index (χ1v) is 15.1. The van der Waals surface area contributed by atoms with Gasteiger partial charge in [-0.25, -0.2) is 19.4 Å². The molecule has 1 aromatic carbocycles. The van der Waals surface area contributed by atoms with E-state index in [0.717, 1.165) is 61.4 Å². The SMILES string of the molecule is Cc1nn([C@H](C)c2ccc(Cl)cc2Cl)c2nc(N3CCC(N4CCC[C@H]4CCC(=O)OC(=O)C(F)(F)F)C[C@@H]3C)cnc12. The smallest absolute Gasteiger partial charge is 0.386 e. The quantitative estimate of drug-likeness (QED) is 0.220. The second-order valence-electron chi connectivity index (χ2n) is 11.3. The Morgan fingerprint density at radius 1 is 1.19 bits per heavy atom. The van der Waals surface area contributed by atoms with E-state index in [-0.39, 0.29) is 30.6 Å². The Morgan fingerprint density at radius 2 is 1.95 bits per heavy atom. The van der Waals surface area contributed by atoms with Crippen molar-refractivity contribution < 1.29 is 27.5 Å². The number of ether oxygens (including phenoxy) is 1. The summed E-state index contributed by atoms with van der Waals surface area (Å²) >= 11 is 12.6. The minimum atomic E-state index is -5.19. The minimum absolute atomic E-state index is 0.0481. The van der Waals surface area contributed by atoms with Crippen LogP contribution in [0.3, 0.4) is 0 Å². The number of anilines is 1. The number of aromatic nitrogens is 4. The molecule has 5 rings (SSSR count). The third kappa shape index (κ3) is 6.76. The van der Waals surface area contributed by atoms with E-state index in [9.17, 15) is 22.8 Å². The van der Waals surface area contributed by atoms with Gasteiger partial charge in [-0.05, 0) is 77.1 Å². The Bertz CT molecular complexity index is 1520. The van der Waals surface area contributed by atoms with Gasteiger partial charge in [0.1, 0.15) is 11.3 Å². The number of hydrogen-bond donors (Lipinski definition) is 0. The highest BCUT2D eigenvalue weighted by Gasteiger charge is 2.43. The van der Waals surface area contributed by atoms with Crippen LogP contribution in [0.15, 0.2) is 24.4 Å². The van der Waals surface area contributed by atoms with Gasteiger partial charge in [0, 0.05) is 41.1 Å². The number of carbonyl (C=O) groups is 2. The van der Waals surface area contributed by atoms with Gasteiger partial charge in [0.05, 0.1) is 17.9 Å². The van der Waals surface area contributed by atoms with Gasteiger partial charge in [0.15, 0.2) is 5.65 Å².